The molecule has 2 aromatic carbocycles. The van der Waals surface area contributed by atoms with Gasteiger partial charge in [-0.25, -0.2) is 0 Å². The summed E-state index contributed by atoms with van der Waals surface area (Å²) in [5.41, 5.74) is 2.32. The Morgan fingerprint density at radius 2 is 1.63 bits per heavy atom. The van der Waals surface area contributed by atoms with Gasteiger partial charge in [0.15, 0.2) is 0 Å². The van der Waals surface area contributed by atoms with E-state index in [9.17, 15) is 13.2 Å². The van der Waals surface area contributed by atoms with E-state index in [4.69, 9.17) is 4.55 Å². The van der Waals surface area contributed by atoms with Gasteiger partial charge >= 0.3 is 0 Å². The predicted octanol–water partition coefficient (Wildman–Crippen LogP) is 3.56. The van der Waals surface area contributed by atoms with E-state index in [2.05, 4.69) is 49.7 Å². The Morgan fingerprint density at radius 1 is 1.03 bits per heavy atom. The fourth-order valence-electron chi connectivity index (χ4n) is 4.11. The molecule has 0 saturated heterocycles. The molecule has 30 heavy (non-hydrogen) atoms. The smallest absolute Gasteiger partial charge is 0.294 e. The van der Waals surface area contributed by atoms with Crippen molar-refractivity contribution >= 4 is 16.5 Å². The lowest BCUT2D eigenvalue weighted by molar-refractivity contribution is -0.930. The highest BCUT2D eigenvalue weighted by Gasteiger charge is 2.37. The van der Waals surface area contributed by atoms with Crippen LogP contribution in [0, 0.1) is 6.92 Å². The SMILES string of the molecule is C[N+](C)(Cc1ccccc1)[C@@H]1CCCC[C@H]1NC=O.Cc1ccc(S(=O)(=O)O)cc1. The van der Waals surface area contributed by atoms with Crippen LogP contribution >= 0.6 is 0 Å². The average Bonchev–Trinajstić information content (AvgIpc) is 2.69. The summed E-state index contributed by atoms with van der Waals surface area (Å²) >= 11 is 0. The molecule has 1 fully saturated rings. The number of rotatable bonds is 6. The van der Waals surface area contributed by atoms with E-state index in [-0.39, 0.29) is 4.90 Å². The molecule has 1 aliphatic rings. The summed E-state index contributed by atoms with van der Waals surface area (Å²) in [6.45, 7) is 2.86. The van der Waals surface area contributed by atoms with Crippen LogP contribution in [-0.4, -0.2) is 50.0 Å². The summed E-state index contributed by atoms with van der Waals surface area (Å²) in [7, 11) is 0.541. The van der Waals surface area contributed by atoms with E-state index in [1.807, 2.05) is 6.92 Å². The van der Waals surface area contributed by atoms with E-state index in [1.54, 1.807) is 12.1 Å². The topological polar surface area (TPSA) is 83.5 Å². The highest BCUT2D eigenvalue weighted by Crippen LogP contribution is 2.27. The molecule has 2 atom stereocenters. The molecule has 0 spiro atoms. The lowest BCUT2D eigenvalue weighted by atomic mass is 9.88. The molecule has 2 N–H and O–H groups in total. The zero-order valence-electron chi connectivity index (χ0n) is 18.0. The number of amides is 1. The second-order valence-corrected chi connectivity index (χ2v) is 9.87. The zero-order chi connectivity index (χ0) is 22.2. The largest absolute Gasteiger partial charge is 0.350 e. The number of benzene rings is 2. The molecule has 0 aromatic heterocycles. The standard InChI is InChI=1S/C16H24N2O.C7H8O3S/c1-18(2,12-14-8-4-3-5-9-14)16-11-7-6-10-15(16)17-13-19;1-6-2-4-7(5-3-6)11(8,9)10/h3-5,8-9,13,15-16H,6-7,10-12H2,1-2H3;2-5H,1H3,(H,8,9,10)/p+1/t15-,16-;/m1./s1. The van der Waals surface area contributed by atoms with Crippen molar-refractivity contribution in [2.45, 2.75) is 56.1 Å². The normalized spacial score (nSPS) is 19.3. The maximum Gasteiger partial charge on any atom is 0.294 e. The minimum absolute atomic E-state index is 0.0666. The fraction of sp³-hybridized carbons (Fsp3) is 0.435. The molecule has 6 nitrogen and oxygen atoms in total. The second-order valence-electron chi connectivity index (χ2n) is 8.45. The van der Waals surface area contributed by atoms with Gasteiger partial charge in [-0.2, -0.15) is 8.42 Å². The average molecular weight is 434 g/mol. The molecule has 0 unspecified atom stereocenters. The molecule has 164 valence electrons. The fourth-order valence-corrected chi connectivity index (χ4v) is 4.59. The van der Waals surface area contributed by atoms with Crippen molar-refractivity contribution in [1.82, 2.24) is 5.32 Å². The summed E-state index contributed by atoms with van der Waals surface area (Å²) in [6.07, 6.45) is 5.68. The molecule has 2 aromatic rings. The van der Waals surface area contributed by atoms with Crippen LogP contribution in [0.3, 0.4) is 0 Å². The van der Waals surface area contributed by atoms with E-state index in [0.29, 0.717) is 12.1 Å². The van der Waals surface area contributed by atoms with Gasteiger partial charge < -0.3 is 9.80 Å². The number of carbonyl (C=O) groups is 1. The van der Waals surface area contributed by atoms with Gasteiger partial charge in [-0.3, -0.25) is 9.35 Å². The van der Waals surface area contributed by atoms with Gasteiger partial charge in [0.1, 0.15) is 12.6 Å². The summed E-state index contributed by atoms with van der Waals surface area (Å²) < 4.78 is 30.5. The Hall–Kier alpha value is -2.22. The monoisotopic (exact) mass is 433 g/mol. The molecule has 1 amide bonds. The Balaban J connectivity index is 0.000000248. The second kappa shape index (κ2) is 10.7. The molecule has 3 rings (SSSR count). The van der Waals surface area contributed by atoms with Crippen molar-refractivity contribution in [1.29, 1.82) is 0 Å². The number of nitrogens with zero attached hydrogens (tertiary/aromatic N) is 1. The van der Waals surface area contributed by atoms with Crippen molar-refractivity contribution in [2.75, 3.05) is 14.1 Å². The van der Waals surface area contributed by atoms with Gasteiger partial charge in [-0.1, -0.05) is 54.4 Å². The van der Waals surface area contributed by atoms with Gasteiger partial charge in [0.05, 0.1) is 25.0 Å². The number of aryl methyl sites for hydroxylation is 1. The van der Waals surface area contributed by atoms with Gasteiger partial charge in [0.25, 0.3) is 10.1 Å². The van der Waals surface area contributed by atoms with Crippen LogP contribution in [0.4, 0.5) is 0 Å². The highest BCUT2D eigenvalue weighted by atomic mass is 32.2. The first kappa shape index (κ1) is 24.1. The summed E-state index contributed by atoms with van der Waals surface area (Å²) in [5.74, 6) is 0. The minimum atomic E-state index is -4.02. The van der Waals surface area contributed by atoms with E-state index in [1.165, 1.54) is 37.0 Å². The van der Waals surface area contributed by atoms with Crippen LogP contribution in [0.25, 0.3) is 0 Å². The quantitative estimate of drug-likeness (QED) is 0.414. The molecular weight excluding hydrogens is 400 g/mol. The lowest BCUT2D eigenvalue weighted by Crippen LogP contribution is -2.58. The molecule has 1 aliphatic carbocycles. The third-order valence-electron chi connectivity index (χ3n) is 5.66. The number of nitrogens with one attached hydrogen (secondary N) is 1. The summed E-state index contributed by atoms with van der Waals surface area (Å²) in [6, 6.07) is 17.4. The number of carbonyl (C=O) groups excluding carboxylic acids is 1. The molecule has 0 radical (unpaired) electrons. The Labute approximate surface area is 180 Å². The zero-order valence-corrected chi connectivity index (χ0v) is 18.8. The van der Waals surface area contributed by atoms with Gasteiger partial charge in [-0.15, -0.1) is 0 Å². The van der Waals surface area contributed by atoms with Crippen molar-refractivity contribution in [3.63, 3.8) is 0 Å². The summed E-state index contributed by atoms with van der Waals surface area (Å²) in [4.78, 5) is 10.7. The number of hydrogen-bond acceptors (Lipinski definition) is 3. The summed E-state index contributed by atoms with van der Waals surface area (Å²) in [5, 5.41) is 3.03. The number of quaternary nitrogens is 1. The molecular formula is C23H33N2O4S+. The maximum absolute atomic E-state index is 10.8. The van der Waals surface area contributed by atoms with Crippen LogP contribution in [0.2, 0.25) is 0 Å². The van der Waals surface area contributed by atoms with Crippen LogP contribution in [0.15, 0.2) is 59.5 Å². The van der Waals surface area contributed by atoms with E-state index < -0.39 is 10.1 Å². The molecule has 0 bridgehead atoms. The van der Waals surface area contributed by atoms with E-state index >= 15 is 0 Å². The number of hydrogen-bond donors (Lipinski definition) is 2. The number of likely N-dealkylation sites (N-methyl/N-ethyl adjacent to an activating group) is 1. The Morgan fingerprint density at radius 3 is 2.20 bits per heavy atom. The molecule has 7 heteroatoms. The highest BCUT2D eigenvalue weighted by molar-refractivity contribution is 7.85. The molecule has 1 saturated carbocycles. The third kappa shape index (κ3) is 7.23. The van der Waals surface area contributed by atoms with Gasteiger partial charge in [-0.05, 0) is 31.9 Å². The minimum Gasteiger partial charge on any atom is -0.350 e. The Kier molecular flexibility index (Phi) is 8.58. The van der Waals surface area contributed by atoms with Crippen LogP contribution in [0.1, 0.15) is 36.8 Å². The van der Waals surface area contributed by atoms with Crippen molar-refractivity contribution in [3.8, 4) is 0 Å². The molecule has 0 heterocycles. The van der Waals surface area contributed by atoms with E-state index in [0.717, 1.165) is 29.4 Å². The predicted molar refractivity (Wildman–Crippen MR) is 118 cm³/mol. The van der Waals surface area contributed by atoms with Crippen LogP contribution in [-0.2, 0) is 21.5 Å². The van der Waals surface area contributed by atoms with Crippen molar-refractivity contribution in [2.24, 2.45) is 0 Å². The lowest BCUT2D eigenvalue weighted by Gasteiger charge is -2.44. The van der Waals surface area contributed by atoms with Crippen LogP contribution in [0.5, 0.6) is 0 Å². The maximum atomic E-state index is 10.8. The third-order valence-corrected chi connectivity index (χ3v) is 6.53. The first-order valence-corrected chi connectivity index (χ1v) is 11.7. The molecule has 0 aliphatic heterocycles. The van der Waals surface area contributed by atoms with Gasteiger partial charge in [0, 0.05) is 12.0 Å². The van der Waals surface area contributed by atoms with Crippen molar-refractivity contribution < 1.29 is 22.2 Å². The first-order chi connectivity index (χ1) is 14.1. The van der Waals surface area contributed by atoms with Crippen molar-refractivity contribution in [3.05, 3.63) is 65.7 Å². The van der Waals surface area contributed by atoms with Crippen LogP contribution < -0.4 is 5.32 Å². The Bertz CT molecular complexity index is 897. The first-order valence-electron chi connectivity index (χ1n) is 10.2. The van der Waals surface area contributed by atoms with Gasteiger partial charge in [0.2, 0.25) is 6.41 Å².